The Morgan fingerprint density at radius 1 is 1.35 bits per heavy atom. The van der Waals surface area contributed by atoms with Crippen LogP contribution in [-0.2, 0) is 14.3 Å². The molecule has 0 aliphatic carbocycles. The number of likely N-dealkylation sites (tertiary alicyclic amines) is 1. The van der Waals surface area contributed by atoms with Crippen LogP contribution in [0, 0.1) is 5.82 Å². The van der Waals surface area contributed by atoms with E-state index in [9.17, 15) is 14.0 Å². The Morgan fingerprint density at radius 3 is 2.88 bits per heavy atom. The van der Waals surface area contributed by atoms with Crippen LogP contribution in [0.4, 0.5) is 4.39 Å². The van der Waals surface area contributed by atoms with E-state index in [4.69, 9.17) is 9.47 Å². The van der Waals surface area contributed by atoms with Crippen LogP contribution in [0.5, 0.6) is 5.75 Å². The molecule has 0 radical (unpaired) electrons. The molecule has 1 aromatic carbocycles. The highest BCUT2D eigenvalue weighted by atomic mass is 19.1. The summed E-state index contributed by atoms with van der Waals surface area (Å²) in [6, 6.07) is 5.62. The van der Waals surface area contributed by atoms with Gasteiger partial charge in [-0.05, 0) is 37.1 Å². The van der Waals surface area contributed by atoms with Gasteiger partial charge in [0.2, 0.25) is 11.8 Å². The topological polar surface area (TPSA) is 67.9 Å². The van der Waals surface area contributed by atoms with E-state index in [2.05, 4.69) is 5.32 Å². The zero-order valence-corrected chi connectivity index (χ0v) is 14.8. The fourth-order valence-corrected chi connectivity index (χ4v) is 3.33. The molecule has 2 unspecified atom stereocenters. The van der Waals surface area contributed by atoms with Crippen molar-refractivity contribution in [3.05, 3.63) is 30.1 Å². The maximum Gasteiger partial charge on any atom is 0.222 e. The molecule has 2 amide bonds. The van der Waals surface area contributed by atoms with Gasteiger partial charge in [-0.15, -0.1) is 0 Å². The lowest BCUT2D eigenvalue weighted by Crippen LogP contribution is -2.51. The van der Waals surface area contributed by atoms with Crippen LogP contribution in [0.1, 0.15) is 32.1 Å². The quantitative estimate of drug-likeness (QED) is 0.802. The molecule has 3 rings (SSSR count). The van der Waals surface area contributed by atoms with Crippen molar-refractivity contribution >= 4 is 11.8 Å². The van der Waals surface area contributed by atoms with Crippen molar-refractivity contribution in [1.82, 2.24) is 10.2 Å². The summed E-state index contributed by atoms with van der Waals surface area (Å²) < 4.78 is 24.4. The summed E-state index contributed by atoms with van der Waals surface area (Å²) in [5, 5.41) is 2.97. The first-order chi connectivity index (χ1) is 12.6. The number of amides is 2. The van der Waals surface area contributed by atoms with E-state index < -0.39 is 0 Å². The normalized spacial score (nSPS) is 23.1. The lowest BCUT2D eigenvalue weighted by Gasteiger charge is -2.32. The van der Waals surface area contributed by atoms with Gasteiger partial charge in [0.25, 0.3) is 0 Å². The van der Waals surface area contributed by atoms with Crippen LogP contribution in [0.25, 0.3) is 0 Å². The second-order valence-electron chi connectivity index (χ2n) is 6.74. The van der Waals surface area contributed by atoms with E-state index in [1.165, 1.54) is 12.1 Å². The molecular formula is C19H25FN2O4. The molecule has 7 heteroatoms. The molecule has 2 saturated heterocycles. The number of rotatable bonds is 7. The average Bonchev–Trinajstić information content (AvgIpc) is 3.04. The van der Waals surface area contributed by atoms with Gasteiger partial charge in [0.05, 0.1) is 19.3 Å². The van der Waals surface area contributed by atoms with Gasteiger partial charge in [0, 0.05) is 32.4 Å². The Hall–Kier alpha value is -2.15. The third-order valence-corrected chi connectivity index (χ3v) is 4.74. The average molecular weight is 364 g/mol. The lowest BCUT2D eigenvalue weighted by molar-refractivity contribution is -0.129. The second kappa shape index (κ2) is 8.98. The first-order valence-corrected chi connectivity index (χ1v) is 9.19. The Balaban J connectivity index is 1.45. The van der Waals surface area contributed by atoms with E-state index in [0.717, 1.165) is 13.0 Å². The largest absolute Gasteiger partial charge is 0.488 e. The minimum Gasteiger partial charge on any atom is -0.488 e. The monoisotopic (exact) mass is 364 g/mol. The fourth-order valence-electron chi connectivity index (χ4n) is 3.33. The van der Waals surface area contributed by atoms with E-state index in [0.29, 0.717) is 51.2 Å². The smallest absolute Gasteiger partial charge is 0.222 e. The number of hydrogen-bond acceptors (Lipinski definition) is 4. The van der Waals surface area contributed by atoms with Crippen molar-refractivity contribution in [2.75, 3.05) is 26.3 Å². The van der Waals surface area contributed by atoms with Gasteiger partial charge in [-0.3, -0.25) is 9.59 Å². The highest BCUT2D eigenvalue weighted by molar-refractivity contribution is 5.78. The first-order valence-electron chi connectivity index (χ1n) is 9.19. The molecule has 2 heterocycles. The molecule has 1 N–H and O–H groups in total. The van der Waals surface area contributed by atoms with Gasteiger partial charge < -0.3 is 19.7 Å². The molecule has 2 atom stereocenters. The summed E-state index contributed by atoms with van der Waals surface area (Å²) in [7, 11) is 0. The lowest BCUT2D eigenvalue weighted by atomic mass is 10.1. The Morgan fingerprint density at radius 2 is 2.15 bits per heavy atom. The first kappa shape index (κ1) is 18.6. The summed E-state index contributed by atoms with van der Waals surface area (Å²) in [5.74, 6) is 0.370. The van der Waals surface area contributed by atoms with Gasteiger partial charge in [0.1, 0.15) is 17.7 Å². The van der Waals surface area contributed by atoms with E-state index >= 15 is 0 Å². The Labute approximate surface area is 152 Å². The molecule has 0 saturated carbocycles. The minimum absolute atomic E-state index is 0.0696. The number of carbonyl (C=O) groups is 2. The van der Waals surface area contributed by atoms with Crippen molar-refractivity contribution in [3.63, 3.8) is 0 Å². The van der Waals surface area contributed by atoms with E-state index in [1.807, 2.05) is 4.90 Å². The highest BCUT2D eigenvalue weighted by Crippen LogP contribution is 2.19. The SMILES string of the molecule is O=C(CCCN1CCCC1=O)NC1COCCC1Oc1ccc(F)cc1. The van der Waals surface area contributed by atoms with Gasteiger partial charge in [-0.2, -0.15) is 0 Å². The molecule has 2 fully saturated rings. The van der Waals surface area contributed by atoms with Gasteiger partial charge >= 0.3 is 0 Å². The van der Waals surface area contributed by atoms with Gasteiger partial charge in [-0.25, -0.2) is 4.39 Å². The number of benzene rings is 1. The zero-order chi connectivity index (χ0) is 18.4. The Bertz CT molecular complexity index is 622. The van der Waals surface area contributed by atoms with Gasteiger partial charge in [-0.1, -0.05) is 0 Å². The maximum absolute atomic E-state index is 13.0. The molecule has 6 nitrogen and oxygen atoms in total. The number of hydrogen-bond donors (Lipinski definition) is 1. The molecule has 1 aromatic rings. The van der Waals surface area contributed by atoms with Crippen molar-refractivity contribution in [1.29, 1.82) is 0 Å². The van der Waals surface area contributed by atoms with Crippen molar-refractivity contribution < 1.29 is 23.5 Å². The van der Waals surface area contributed by atoms with Crippen molar-refractivity contribution in [2.24, 2.45) is 0 Å². The van der Waals surface area contributed by atoms with Crippen LogP contribution in [-0.4, -0.2) is 55.2 Å². The molecule has 2 aliphatic heterocycles. The van der Waals surface area contributed by atoms with E-state index in [-0.39, 0.29) is 29.8 Å². The standard InChI is InChI=1S/C19H25FN2O4/c20-14-5-7-15(8-6-14)26-17-9-12-25-13-16(17)21-18(23)3-1-10-22-11-2-4-19(22)24/h5-8,16-17H,1-4,9-13H2,(H,21,23). The predicted octanol–water partition coefficient (Wildman–Crippen LogP) is 1.88. The van der Waals surface area contributed by atoms with Crippen LogP contribution >= 0.6 is 0 Å². The molecule has 0 spiro atoms. The number of carbonyl (C=O) groups excluding carboxylic acids is 2. The minimum atomic E-state index is -0.314. The van der Waals surface area contributed by atoms with Crippen LogP contribution < -0.4 is 10.1 Å². The number of nitrogens with zero attached hydrogens (tertiary/aromatic N) is 1. The van der Waals surface area contributed by atoms with Crippen LogP contribution in [0.15, 0.2) is 24.3 Å². The number of ether oxygens (including phenoxy) is 2. The summed E-state index contributed by atoms with van der Waals surface area (Å²) in [6.07, 6.45) is 2.99. The molecule has 2 aliphatic rings. The fraction of sp³-hybridized carbons (Fsp3) is 0.579. The summed E-state index contributed by atoms with van der Waals surface area (Å²) in [4.78, 5) is 25.6. The van der Waals surface area contributed by atoms with Crippen molar-refractivity contribution in [3.8, 4) is 5.75 Å². The number of halogens is 1. The second-order valence-corrected chi connectivity index (χ2v) is 6.74. The number of nitrogens with one attached hydrogen (secondary N) is 1. The third kappa shape index (κ3) is 5.17. The molecule has 0 bridgehead atoms. The van der Waals surface area contributed by atoms with Crippen molar-refractivity contribution in [2.45, 2.75) is 44.2 Å². The van der Waals surface area contributed by atoms with Crippen LogP contribution in [0.3, 0.4) is 0 Å². The van der Waals surface area contributed by atoms with Crippen LogP contribution in [0.2, 0.25) is 0 Å². The molecule has 26 heavy (non-hydrogen) atoms. The molecule has 0 aromatic heterocycles. The summed E-state index contributed by atoms with van der Waals surface area (Å²) >= 11 is 0. The summed E-state index contributed by atoms with van der Waals surface area (Å²) in [5.41, 5.74) is 0. The molecule has 142 valence electrons. The zero-order valence-electron chi connectivity index (χ0n) is 14.8. The van der Waals surface area contributed by atoms with Gasteiger partial charge in [0.15, 0.2) is 0 Å². The Kier molecular flexibility index (Phi) is 6.44. The molecular weight excluding hydrogens is 339 g/mol. The highest BCUT2D eigenvalue weighted by Gasteiger charge is 2.29. The van der Waals surface area contributed by atoms with E-state index in [1.54, 1.807) is 12.1 Å². The summed E-state index contributed by atoms with van der Waals surface area (Å²) in [6.45, 7) is 2.38. The predicted molar refractivity (Wildman–Crippen MR) is 93.2 cm³/mol. The maximum atomic E-state index is 13.0. The third-order valence-electron chi connectivity index (χ3n) is 4.74.